The van der Waals surface area contributed by atoms with Gasteiger partial charge in [0, 0.05) is 31.5 Å². The molecule has 1 atom stereocenters. The van der Waals surface area contributed by atoms with E-state index in [0.717, 1.165) is 39.0 Å². The van der Waals surface area contributed by atoms with E-state index < -0.39 is 0 Å². The van der Waals surface area contributed by atoms with Crippen molar-refractivity contribution >= 4 is 0 Å². The molecule has 1 unspecified atom stereocenters. The van der Waals surface area contributed by atoms with Crippen LogP contribution in [0.1, 0.15) is 43.7 Å². The maximum Gasteiger partial charge on any atom is 0.121 e. The molecule has 1 aromatic heterocycles. The Hall–Kier alpha value is -1.46. The van der Waals surface area contributed by atoms with E-state index in [4.69, 9.17) is 4.74 Å². The first-order valence-corrected chi connectivity index (χ1v) is 9.19. The van der Waals surface area contributed by atoms with Crippen molar-refractivity contribution in [1.29, 1.82) is 0 Å². The molecule has 2 aliphatic heterocycles. The summed E-state index contributed by atoms with van der Waals surface area (Å²) in [6.07, 6.45) is 12.9. The molecule has 5 heteroatoms. The van der Waals surface area contributed by atoms with Gasteiger partial charge in [0.25, 0.3) is 0 Å². The first-order valence-electron chi connectivity index (χ1n) is 9.19. The zero-order chi connectivity index (χ0) is 16.4. The molecule has 3 heterocycles. The maximum atomic E-state index is 14.2. The highest BCUT2D eigenvalue weighted by Crippen LogP contribution is 2.35. The minimum absolute atomic E-state index is 0.000160. The van der Waals surface area contributed by atoms with Crippen LogP contribution < -0.4 is 0 Å². The quantitative estimate of drug-likeness (QED) is 0.844. The number of likely N-dealkylation sites (tertiary alicyclic amines) is 1. The van der Waals surface area contributed by atoms with Crippen molar-refractivity contribution in [2.45, 2.75) is 44.7 Å². The molecule has 0 radical (unpaired) electrons. The van der Waals surface area contributed by atoms with Crippen LogP contribution in [-0.4, -0.2) is 41.0 Å². The van der Waals surface area contributed by atoms with E-state index in [2.05, 4.69) is 16.2 Å². The lowest BCUT2D eigenvalue weighted by atomic mass is 9.85. The lowest BCUT2D eigenvalue weighted by Gasteiger charge is -2.28. The van der Waals surface area contributed by atoms with Crippen molar-refractivity contribution in [3.63, 3.8) is 0 Å². The van der Waals surface area contributed by atoms with Gasteiger partial charge in [-0.15, -0.1) is 0 Å². The van der Waals surface area contributed by atoms with Gasteiger partial charge in [0.15, 0.2) is 0 Å². The number of ether oxygens (including phenoxy) is 1. The van der Waals surface area contributed by atoms with Gasteiger partial charge in [-0.2, -0.15) is 5.10 Å². The Morgan fingerprint density at radius 1 is 1.21 bits per heavy atom. The minimum Gasteiger partial charge on any atom is -0.381 e. The van der Waals surface area contributed by atoms with Crippen LogP contribution in [0, 0.1) is 5.92 Å². The van der Waals surface area contributed by atoms with Crippen molar-refractivity contribution in [1.82, 2.24) is 14.7 Å². The molecule has 1 aromatic rings. The molecule has 3 aliphatic rings. The van der Waals surface area contributed by atoms with Gasteiger partial charge < -0.3 is 4.74 Å². The van der Waals surface area contributed by atoms with Crippen LogP contribution in [-0.2, 0) is 11.3 Å². The molecular formula is C19H26FN3O. The predicted molar refractivity (Wildman–Crippen MR) is 91.2 cm³/mol. The van der Waals surface area contributed by atoms with Crippen molar-refractivity contribution in [3.05, 3.63) is 41.5 Å². The Morgan fingerprint density at radius 2 is 2.00 bits per heavy atom. The van der Waals surface area contributed by atoms with Crippen LogP contribution in [0.2, 0.25) is 0 Å². The summed E-state index contributed by atoms with van der Waals surface area (Å²) in [4.78, 5) is 2.46. The van der Waals surface area contributed by atoms with E-state index in [1.807, 2.05) is 10.9 Å². The minimum atomic E-state index is -0.121. The van der Waals surface area contributed by atoms with Crippen molar-refractivity contribution < 1.29 is 9.13 Å². The zero-order valence-corrected chi connectivity index (χ0v) is 14.2. The lowest BCUT2D eigenvalue weighted by Crippen LogP contribution is -2.21. The van der Waals surface area contributed by atoms with Crippen LogP contribution in [0.25, 0.3) is 0 Å². The second-order valence-electron chi connectivity index (χ2n) is 7.24. The lowest BCUT2D eigenvalue weighted by molar-refractivity contribution is 0.0743. The molecule has 2 fully saturated rings. The normalized spacial score (nSPS) is 26.5. The molecule has 0 bridgehead atoms. The third kappa shape index (κ3) is 3.62. The first-order chi connectivity index (χ1) is 11.8. The summed E-state index contributed by atoms with van der Waals surface area (Å²) in [5.74, 6) is 0.338. The fourth-order valence-electron chi connectivity index (χ4n) is 4.13. The highest BCUT2D eigenvalue weighted by molar-refractivity contribution is 5.28. The average molecular weight is 331 g/mol. The van der Waals surface area contributed by atoms with Gasteiger partial charge in [-0.25, -0.2) is 4.39 Å². The molecular weight excluding hydrogens is 305 g/mol. The summed E-state index contributed by atoms with van der Waals surface area (Å²) < 4.78 is 21.5. The second-order valence-corrected chi connectivity index (χ2v) is 7.24. The second kappa shape index (κ2) is 7.19. The van der Waals surface area contributed by atoms with Crippen molar-refractivity contribution in [2.75, 3.05) is 26.3 Å². The maximum absolute atomic E-state index is 14.2. The zero-order valence-electron chi connectivity index (χ0n) is 14.2. The van der Waals surface area contributed by atoms with E-state index in [-0.39, 0.29) is 11.9 Å². The molecule has 2 saturated heterocycles. The summed E-state index contributed by atoms with van der Waals surface area (Å²) in [5, 5.41) is 4.52. The fourth-order valence-corrected chi connectivity index (χ4v) is 4.13. The van der Waals surface area contributed by atoms with Gasteiger partial charge in [-0.05, 0) is 63.3 Å². The Morgan fingerprint density at radius 3 is 2.79 bits per heavy atom. The summed E-state index contributed by atoms with van der Waals surface area (Å²) in [6, 6.07) is 0.000160. The molecule has 0 aromatic carbocycles. The predicted octanol–water partition coefficient (Wildman–Crippen LogP) is 3.63. The van der Waals surface area contributed by atoms with E-state index >= 15 is 0 Å². The molecule has 130 valence electrons. The SMILES string of the molecule is FC1=CC(n2cc(CN3CCCC3)cn2)CC(C2CCOCC2)=C1. The molecule has 0 spiro atoms. The largest absolute Gasteiger partial charge is 0.381 e. The third-order valence-corrected chi connectivity index (χ3v) is 5.47. The standard InChI is InChI=1S/C19H26FN3O/c20-18-9-17(16-3-7-24-8-4-16)10-19(11-18)23-14-15(12-21-23)13-22-5-1-2-6-22/h9,11-12,14,16,19H,1-8,10,13H2. The first kappa shape index (κ1) is 16.0. The Labute approximate surface area is 143 Å². The average Bonchev–Trinajstić information content (AvgIpc) is 3.28. The van der Waals surface area contributed by atoms with Gasteiger partial charge in [-0.3, -0.25) is 9.58 Å². The molecule has 4 nitrogen and oxygen atoms in total. The van der Waals surface area contributed by atoms with Gasteiger partial charge >= 0.3 is 0 Å². The number of hydrogen-bond donors (Lipinski definition) is 0. The number of aromatic nitrogens is 2. The summed E-state index contributed by atoms with van der Waals surface area (Å²) >= 11 is 0. The van der Waals surface area contributed by atoms with Crippen LogP contribution in [0.3, 0.4) is 0 Å². The van der Waals surface area contributed by atoms with Gasteiger partial charge in [0.1, 0.15) is 5.83 Å². The third-order valence-electron chi connectivity index (χ3n) is 5.47. The summed E-state index contributed by atoms with van der Waals surface area (Å²) in [7, 11) is 0. The molecule has 0 amide bonds. The Kier molecular flexibility index (Phi) is 4.81. The molecule has 0 saturated carbocycles. The number of hydrogen-bond acceptors (Lipinski definition) is 3. The topological polar surface area (TPSA) is 30.3 Å². The fraction of sp³-hybridized carbons (Fsp3) is 0.632. The number of allylic oxidation sites excluding steroid dienone is 4. The van der Waals surface area contributed by atoms with Crippen LogP contribution in [0.5, 0.6) is 0 Å². The van der Waals surface area contributed by atoms with Crippen molar-refractivity contribution in [2.24, 2.45) is 5.92 Å². The smallest absolute Gasteiger partial charge is 0.121 e. The van der Waals surface area contributed by atoms with Gasteiger partial charge in [0.2, 0.25) is 0 Å². The summed E-state index contributed by atoms with van der Waals surface area (Å²) in [6.45, 7) is 4.90. The van der Waals surface area contributed by atoms with Crippen LogP contribution >= 0.6 is 0 Å². The van der Waals surface area contributed by atoms with Gasteiger partial charge in [-0.1, -0.05) is 5.57 Å². The molecule has 0 N–H and O–H groups in total. The van der Waals surface area contributed by atoms with E-state index in [0.29, 0.717) is 5.92 Å². The van der Waals surface area contributed by atoms with Crippen LogP contribution in [0.15, 0.2) is 35.9 Å². The molecule has 4 rings (SSSR count). The van der Waals surface area contributed by atoms with Crippen molar-refractivity contribution in [3.8, 4) is 0 Å². The van der Waals surface area contributed by atoms with E-state index in [1.165, 1.54) is 37.1 Å². The number of nitrogens with zero attached hydrogens (tertiary/aromatic N) is 3. The molecule has 1 aliphatic carbocycles. The van der Waals surface area contributed by atoms with Crippen LogP contribution in [0.4, 0.5) is 4.39 Å². The summed E-state index contributed by atoms with van der Waals surface area (Å²) in [5.41, 5.74) is 2.45. The molecule has 24 heavy (non-hydrogen) atoms. The highest BCUT2D eigenvalue weighted by atomic mass is 19.1. The number of halogens is 1. The number of rotatable bonds is 4. The monoisotopic (exact) mass is 331 g/mol. The Balaban J connectivity index is 1.44. The highest BCUT2D eigenvalue weighted by Gasteiger charge is 2.25. The van der Waals surface area contributed by atoms with Gasteiger partial charge in [0.05, 0.1) is 12.2 Å². The van der Waals surface area contributed by atoms with E-state index in [1.54, 1.807) is 12.2 Å². The Bertz CT molecular complexity index is 624. The van der Waals surface area contributed by atoms with E-state index in [9.17, 15) is 4.39 Å².